The number of aliphatic hydroxyl groups excluding tert-OH is 1. The van der Waals surface area contributed by atoms with Crippen molar-refractivity contribution in [3.05, 3.63) is 22.6 Å². The highest BCUT2D eigenvalue weighted by molar-refractivity contribution is 5.95. The number of ether oxygens (including phenoxy) is 1. The number of nitrogens with two attached hydrogens (primary N) is 1. The molecule has 1 saturated heterocycles. The SMILES string of the molecule is C=NOCC1O[C@@H](n2cc([N+](=O)[O-])c3c(N)ncnc32)[C@](C)(O)C1O. The first-order chi connectivity index (χ1) is 11.8. The lowest BCUT2D eigenvalue weighted by Crippen LogP contribution is -2.44. The monoisotopic (exact) mass is 352 g/mol. The summed E-state index contributed by atoms with van der Waals surface area (Å²) in [5.41, 5.74) is 3.71. The highest BCUT2D eigenvalue weighted by Crippen LogP contribution is 2.42. The predicted octanol–water partition coefficient (Wildman–Crippen LogP) is -0.437. The van der Waals surface area contributed by atoms with E-state index in [2.05, 4.69) is 21.8 Å². The lowest BCUT2D eigenvalue weighted by Gasteiger charge is -2.27. The van der Waals surface area contributed by atoms with Crippen molar-refractivity contribution in [2.45, 2.75) is 31.0 Å². The first-order valence-corrected chi connectivity index (χ1v) is 7.18. The van der Waals surface area contributed by atoms with Crippen molar-refractivity contribution < 1.29 is 24.7 Å². The summed E-state index contributed by atoms with van der Waals surface area (Å²) in [6.07, 6.45) is -1.17. The Labute approximate surface area is 140 Å². The van der Waals surface area contributed by atoms with Crippen LogP contribution in [0.5, 0.6) is 0 Å². The molecule has 4 atom stereocenters. The van der Waals surface area contributed by atoms with E-state index in [1.165, 1.54) is 11.5 Å². The second kappa shape index (κ2) is 5.91. The van der Waals surface area contributed by atoms with Crippen LogP contribution in [0.15, 0.2) is 17.7 Å². The van der Waals surface area contributed by atoms with Gasteiger partial charge in [0.1, 0.15) is 41.9 Å². The Hall–Kier alpha value is -2.83. The number of rotatable bonds is 5. The van der Waals surface area contributed by atoms with E-state index < -0.39 is 29.0 Å². The predicted molar refractivity (Wildman–Crippen MR) is 84.6 cm³/mol. The summed E-state index contributed by atoms with van der Waals surface area (Å²) in [6, 6.07) is 0. The van der Waals surface area contributed by atoms with Crippen LogP contribution in [-0.4, -0.2) is 60.8 Å². The molecule has 2 aromatic heterocycles. The number of anilines is 1. The van der Waals surface area contributed by atoms with Gasteiger partial charge in [-0.1, -0.05) is 0 Å². The summed E-state index contributed by atoms with van der Waals surface area (Å²) in [5.74, 6) is -0.0793. The van der Waals surface area contributed by atoms with E-state index in [1.54, 1.807) is 0 Å². The van der Waals surface area contributed by atoms with E-state index in [1.807, 2.05) is 0 Å². The molecule has 0 spiro atoms. The van der Waals surface area contributed by atoms with Gasteiger partial charge < -0.3 is 25.5 Å². The third-order valence-electron chi connectivity index (χ3n) is 4.15. The normalized spacial score (nSPS) is 29.0. The lowest BCUT2D eigenvalue weighted by atomic mass is 9.96. The van der Waals surface area contributed by atoms with Gasteiger partial charge in [-0.25, -0.2) is 9.97 Å². The summed E-state index contributed by atoms with van der Waals surface area (Å²) in [7, 11) is 0. The van der Waals surface area contributed by atoms with Gasteiger partial charge in [-0.3, -0.25) is 14.7 Å². The van der Waals surface area contributed by atoms with Crippen molar-refractivity contribution >= 4 is 29.3 Å². The van der Waals surface area contributed by atoms with E-state index in [0.717, 1.165) is 12.5 Å². The number of aliphatic hydroxyl groups is 2. The molecule has 1 fully saturated rings. The highest BCUT2D eigenvalue weighted by Gasteiger charge is 2.54. The average Bonchev–Trinajstić information content (AvgIpc) is 3.04. The minimum atomic E-state index is -1.78. The Balaban J connectivity index is 2.11. The summed E-state index contributed by atoms with van der Waals surface area (Å²) >= 11 is 0. The Kier molecular flexibility index (Phi) is 4.02. The molecular formula is C13H16N6O6. The molecular weight excluding hydrogens is 336 g/mol. The second-order valence-electron chi connectivity index (χ2n) is 5.76. The van der Waals surface area contributed by atoms with E-state index in [-0.39, 0.29) is 29.1 Å². The maximum Gasteiger partial charge on any atom is 0.300 e. The standard InChI is InChI=1S/C13H16N6O6/c1-13(21)9(20)7(4-24-15-2)25-12(13)18-3-6(19(22)23)8-10(14)16-5-17-11(8)18/h3,5,7,9,12,20-21H,2,4H2,1H3,(H2,14,16,17)/t7?,9?,12-,13-/m1/s1. The molecule has 0 aliphatic carbocycles. The van der Waals surface area contributed by atoms with Gasteiger partial charge in [0.15, 0.2) is 11.9 Å². The molecule has 0 bridgehead atoms. The zero-order chi connectivity index (χ0) is 18.4. The Morgan fingerprint density at radius 2 is 2.36 bits per heavy atom. The molecule has 25 heavy (non-hydrogen) atoms. The van der Waals surface area contributed by atoms with Gasteiger partial charge in [0, 0.05) is 6.72 Å². The van der Waals surface area contributed by atoms with Gasteiger partial charge in [0.2, 0.25) is 0 Å². The summed E-state index contributed by atoms with van der Waals surface area (Å²) < 4.78 is 6.89. The zero-order valence-corrected chi connectivity index (χ0v) is 13.1. The Morgan fingerprint density at radius 3 is 3.00 bits per heavy atom. The molecule has 1 aliphatic rings. The number of fused-ring (bicyclic) bond motifs is 1. The van der Waals surface area contributed by atoms with E-state index in [0.29, 0.717) is 0 Å². The van der Waals surface area contributed by atoms with Gasteiger partial charge in [-0.15, -0.1) is 5.16 Å². The van der Waals surface area contributed by atoms with Crippen molar-refractivity contribution in [2.75, 3.05) is 12.3 Å². The maximum atomic E-state index is 11.3. The van der Waals surface area contributed by atoms with Crippen molar-refractivity contribution in [3.8, 4) is 0 Å². The molecule has 4 N–H and O–H groups in total. The molecule has 134 valence electrons. The molecule has 0 radical (unpaired) electrons. The van der Waals surface area contributed by atoms with Gasteiger partial charge in [0.05, 0.1) is 11.1 Å². The van der Waals surface area contributed by atoms with Gasteiger partial charge >= 0.3 is 0 Å². The summed E-state index contributed by atoms with van der Waals surface area (Å²) in [6.45, 7) is 4.33. The smallest absolute Gasteiger partial charge is 0.300 e. The summed E-state index contributed by atoms with van der Waals surface area (Å²) in [5, 5.41) is 35.5. The molecule has 2 unspecified atom stereocenters. The number of nitro groups is 1. The van der Waals surface area contributed by atoms with E-state index in [4.69, 9.17) is 15.3 Å². The van der Waals surface area contributed by atoms with Crippen LogP contribution < -0.4 is 5.73 Å². The van der Waals surface area contributed by atoms with Gasteiger partial charge in [-0.05, 0) is 6.92 Å². The van der Waals surface area contributed by atoms with Gasteiger partial charge in [-0.2, -0.15) is 0 Å². The number of nitrogen functional groups attached to an aromatic ring is 1. The molecule has 12 nitrogen and oxygen atoms in total. The molecule has 3 rings (SSSR count). The van der Waals surface area contributed by atoms with Crippen LogP contribution in [0, 0.1) is 10.1 Å². The first-order valence-electron chi connectivity index (χ1n) is 7.18. The highest BCUT2D eigenvalue weighted by atomic mass is 16.7. The number of oxime groups is 1. The third kappa shape index (κ3) is 2.56. The zero-order valence-electron chi connectivity index (χ0n) is 13.1. The molecule has 0 saturated carbocycles. The molecule has 0 amide bonds. The maximum absolute atomic E-state index is 11.3. The second-order valence-corrected chi connectivity index (χ2v) is 5.76. The number of nitrogens with zero attached hydrogens (tertiary/aromatic N) is 5. The van der Waals surface area contributed by atoms with Crippen LogP contribution >= 0.6 is 0 Å². The largest absolute Gasteiger partial charge is 0.393 e. The Bertz CT molecular complexity index is 836. The fourth-order valence-electron chi connectivity index (χ4n) is 2.91. The van der Waals surface area contributed by atoms with Crippen molar-refractivity contribution in [1.82, 2.24) is 14.5 Å². The van der Waals surface area contributed by atoms with Crippen molar-refractivity contribution in [3.63, 3.8) is 0 Å². The van der Waals surface area contributed by atoms with E-state index in [9.17, 15) is 20.3 Å². The molecule has 3 heterocycles. The molecule has 12 heteroatoms. The fourth-order valence-corrected chi connectivity index (χ4v) is 2.91. The minimum Gasteiger partial charge on any atom is -0.393 e. The third-order valence-corrected chi connectivity index (χ3v) is 4.15. The van der Waals surface area contributed by atoms with Crippen LogP contribution in [0.1, 0.15) is 13.2 Å². The van der Waals surface area contributed by atoms with Crippen LogP contribution in [0.4, 0.5) is 11.5 Å². The Morgan fingerprint density at radius 1 is 1.64 bits per heavy atom. The minimum absolute atomic E-state index is 0.0221. The molecule has 0 aromatic carbocycles. The van der Waals surface area contributed by atoms with Crippen LogP contribution in [0.2, 0.25) is 0 Å². The number of hydrogen-bond donors (Lipinski definition) is 3. The summed E-state index contributed by atoms with van der Waals surface area (Å²) in [4.78, 5) is 23.2. The number of aromatic nitrogens is 3. The number of hydrogen-bond acceptors (Lipinski definition) is 10. The lowest BCUT2D eigenvalue weighted by molar-refractivity contribution is -0.383. The van der Waals surface area contributed by atoms with Crippen LogP contribution in [0.25, 0.3) is 11.0 Å². The van der Waals surface area contributed by atoms with Gasteiger partial charge in [0.25, 0.3) is 5.69 Å². The fraction of sp³-hybridized carbons (Fsp3) is 0.462. The van der Waals surface area contributed by atoms with E-state index >= 15 is 0 Å². The first kappa shape index (κ1) is 17.0. The van der Waals surface area contributed by atoms with Crippen LogP contribution in [-0.2, 0) is 9.57 Å². The molecule has 2 aromatic rings. The van der Waals surface area contributed by atoms with Crippen molar-refractivity contribution in [2.24, 2.45) is 5.16 Å². The average molecular weight is 352 g/mol. The quantitative estimate of drug-likeness (QED) is 0.366. The topological polar surface area (TPSA) is 171 Å². The van der Waals surface area contributed by atoms with Crippen molar-refractivity contribution in [1.29, 1.82) is 0 Å². The van der Waals surface area contributed by atoms with Crippen LogP contribution in [0.3, 0.4) is 0 Å². The molecule has 1 aliphatic heterocycles.